The summed E-state index contributed by atoms with van der Waals surface area (Å²) in [5, 5.41) is 14.4. The summed E-state index contributed by atoms with van der Waals surface area (Å²) in [6, 6.07) is 12.6. The first-order valence-electron chi connectivity index (χ1n) is 14.6. The maximum absolute atomic E-state index is 13.2. The molecule has 0 unspecified atom stereocenters. The number of hydrogen-bond acceptors (Lipinski definition) is 10. The smallest absolute Gasteiger partial charge is 0.320 e. The quantitative estimate of drug-likeness (QED) is 0.241. The molecule has 45 heavy (non-hydrogen) atoms. The molecule has 14 heteroatoms. The molecule has 0 spiro atoms. The van der Waals surface area contributed by atoms with E-state index in [1.165, 1.54) is 0 Å². The molecule has 1 aromatic carbocycles. The minimum atomic E-state index is -3.70. The Morgan fingerprint density at radius 2 is 1.76 bits per heavy atom. The van der Waals surface area contributed by atoms with Gasteiger partial charge in [-0.05, 0) is 49.9 Å². The van der Waals surface area contributed by atoms with E-state index in [-0.39, 0.29) is 35.8 Å². The fourth-order valence-electron chi connectivity index (χ4n) is 5.11. The fraction of sp³-hybridized carbons (Fsp3) is 0.452. The number of pyridine rings is 1. The number of amides is 2. The average Bonchev–Trinajstić information content (AvgIpc) is 3.41. The molecule has 2 atom stereocenters. The summed E-state index contributed by atoms with van der Waals surface area (Å²) >= 11 is 0. The Balaban J connectivity index is 1.32. The zero-order valence-corrected chi connectivity index (χ0v) is 27.3. The molecule has 0 fully saturated rings. The van der Waals surface area contributed by atoms with E-state index in [0.717, 1.165) is 17.4 Å². The van der Waals surface area contributed by atoms with Crippen LogP contribution in [0.3, 0.4) is 0 Å². The minimum absolute atomic E-state index is 0.147. The van der Waals surface area contributed by atoms with Gasteiger partial charge in [0.1, 0.15) is 29.9 Å². The van der Waals surface area contributed by atoms with E-state index in [9.17, 15) is 13.2 Å². The van der Waals surface area contributed by atoms with Gasteiger partial charge >= 0.3 is 6.03 Å². The van der Waals surface area contributed by atoms with Crippen molar-refractivity contribution in [3.63, 3.8) is 0 Å². The number of urea groups is 1. The number of rotatable bonds is 9. The Morgan fingerprint density at radius 1 is 1.02 bits per heavy atom. The Kier molecular flexibility index (Phi) is 8.84. The van der Waals surface area contributed by atoms with Crippen molar-refractivity contribution in [2.24, 2.45) is 0 Å². The van der Waals surface area contributed by atoms with Crippen molar-refractivity contribution in [1.29, 1.82) is 0 Å². The molecule has 3 aromatic heterocycles. The van der Waals surface area contributed by atoms with Crippen molar-refractivity contribution in [1.82, 2.24) is 29.9 Å². The molecule has 5 rings (SSSR count). The molecule has 240 valence electrons. The summed E-state index contributed by atoms with van der Waals surface area (Å²) in [5.74, 6) is 1.71. The molecule has 1 aliphatic carbocycles. The van der Waals surface area contributed by atoms with Crippen LogP contribution in [0.2, 0.25) is 0 Å². The number of fused-ring (bicyclic) bond motifs is 2. The van der Waals surface area contributed by atoms with Crippen LogP contribution in [0.5, 0.6) is 5.75 Å². The highest BCUT2D eigenvalue weighted by molar-refractivity contribution is 7.85. The van der Waals surface area contributed by atoms with Crippen molar-refractivity contribution in [2.45, 2.75) is 77.2 Å². The average molecular weight is 638 g/mol. The van der Waals surface area contributed by atoms with Crippen molar-refractivity contribution >= 4 is 27.6 Å². The van der Waals surface area contributed by atoms with E-state index < -0.39 is 21.8 Å². The minimum Gasteiger partial charge on any atom is -0.484 e. The largest absolute Gasteiger partial charge is 0.484 e. The lowest BCUT2D eigenvalue weighted by molar-refractivity contribution is 0.0106. The second kappa shape index (κ2) is 12.3. The van der Waals surface area contributed by atoms with Crippen LogP contribution in [0.4, 0.5) is 10.6 Å². The van der Waals surface area contributed by atoms with Crippen molar-refractivity contribution in [2.75, 3.05) is 18.7 Å². The van der Waals surface area contributed by atoms with Crippen LogP contribution in [-0.2, 0) is 36.7 Å². The third-order valence-electron chi connectivity index (χ3n) is 7.63. The Morgan fingerprint density at radius 3 is 2.44 bits per heavy atom. The highest BCUT2D eigenvalue weighted by Crippen LogP contribution is 2.39. The molecule has 0 bridgehead atoms. The van der Waals surface area contributed by atoms with Crippen molar-refractivity contribution in [3.8, 4) is 5.75 Å². The predicted octanol–water partition coefficient (Wildman–Crippen LogP) is 4.95. The molecular weight excluding hydrogens is 598 g/mol. The van der Waals surface area contributed by atoms with Gasteiger partial charge in [-0.2, -0.15) is 8.42 Å². The Bertz CT molecular complexity index is 1820. The molecule has 2 amide bonds. The lowest BCUT2D eigenvalue weighted by Gasteiger charge is -2.32. The lowest BCUT2D eigenvalue weighted by atomic mass is 9.85. The van der Waals surface area contributed by atoms with Gasteiger partial charge in [0.15, 0.2) is 17.3 Å². The molecule has 0 saturated carbocycles. The SMILES string of the molecule is COC(C)(C)c1nnc2ccc(O[C@@H]3CC[C@H](NC(=O)Nc4cc(C(C)(C)C)nc(COS(C)(=O)=O)n4)c4ccccc43)cn12. The van der Waals surface area contributed by atoms with Crippen LogP contribution in [-0.4, -0.2) is 52.4 Å². The van der Waals surface area contributed by atoms with Crippen LogP contribution >= 0.6 is 0 Å². The van der Waals surface area contributed by atoms with Crippen molar-refractivity contribution in [3.05, 3.63) is 77.1 Å². The number of benzene rings is 1. The second-order valence-corrected chi connectivity index (χ2v) is 14.2. The molecular formula is C31H39N7O6S. The predicted molar refractivity (Wildman–Crippen MR) is 167 cm³/mol. The third kappa shape index (κ3) is 7.57. The maximum Gasteiger partial charge on any atom is 0.320 e. The van der Waals surface area contributed by atoms with E-state index in [1.807, 2.05) is 81.6 Å². The maximum atomic E-state index is 13.2. The molecule has 0 saturated heterocycles. The first-order valence-corrected chi connectivity index (χ1v) is 16.4. The second-order valence-electron chi connectivity index (χ2n) is 12.6. The number of hydrogen-bond donors (Lipinski definition) is 2. The third-order valence-corrected chi connectivity index (χ3v) is 8.17. The summed E-state index contributed by atoms with van der Waals surface area (Å²) in [7, 11) is -2.06. The molecule has 13 nitrogen and oxygen atoms in total. The van der Waals surface area contributed by atoms with E-state index in [2.05, 4.69) is 30.8 Å². The van der Waals surface area contributed by atoms with Crippen LogP contribution < -0.4 is 15.4 Å². The first kappa shape index (κ1) is 32.3. The zero-order valence-electron chi connectivity index (χ0n) is 26.5. The zero-order chi connectivity index (χ0) is 32.6. The number of aromatic nitrogens is 5. The summed E-state index contributed by atoms with van der Waals surface area (Å²) in [5.41, 5.74) is 2.23. The Hall–Kier alpha value is -4.14. The van der Waals surface area contributed by atoms with E-state index in [0.29, 0.717) is 35.8 Å². The number of ether oxygens (including phenoxy) is 2. The number of nitrogens with one attached hydrogen (secondary N) is 2. The summed E-state index contributed by atoms with van der Waals surface area (Å²) in [4.78, 5) is 22.0. The van der Waals surface area contributed by atoms with Gasteiger partial charge in [0.05, 0.1) is 24.2 Å². The molecule has 0 aliphatic heterocycles. The van der Waals surface area contributed by atoms with Gasteiger partial charge in [0, 0.05) is 18.6 Å². The van der Waals surface area contributed by atoms with Crippen LogP contribution in [0, 0.1) is 0 Å². The topological polar surface area (TPSA) is 159 Å². The number of methoxy groups -OCH3 is 1. The van der Waals surface area contributed by atoms with Gasteiger partial charge in [-0.15, -0.1) is 10.2 Å². The van der Waals surface area contributed by atoms with E-state index in [4.69, 9.17) is 13.7 Å². The standard InChI is InChI=1S/C31H39N7O6S/c1-30(2,3)24-16-25(34-26(33-24)18-43-45(7,40)41)35-29(39)32-22-13-14-23(21-11-9-8-10-20(21)22)44-19-12-15-27-36-37-28(38(27)17-19)31(4,5)42-6/h8-12,15-17,22-23H,13-14,18H2,1-7H3,(H2,32,33,34,35,39)/t22-,23+/m0/s1. The van der Waals surface area contributed by atoms with Gasteiger partial charge in [0.2, 0.25) is 0 Å². The first-order chi connectivity index (χ1) is 21.1. The van der Waals surface area contributed by atoms with Crippen LogP contribution in [0.1, 0.15) is 88.1 Å². The van der Waals surface area contributed by atoms with E-state index >= 15 is 0 Å². The van der Waals surface area contributed by atoms with Gasteiger partial charge in [-0.3, -0.25) is 13.9 Å². The number of nitrogens with zero attached hydrogens (tertiary/aromatic N) is 5. The van der Waals surface area contributed by atoms with E-state index in [1.54, 1.807) is 13.2 Å². The van der Waals surface area contributed by atoms with Gasteiger partial charge in [0.25, 0.3) is 10.1 Å². The van der Waals surface area contributed by atoms with Crippen molar-refractivity contribution < 1.29 is 26.9 Å². The van der Waals surface area contributed by atoms with Gasteiger partial charge < -0.3 is 14.8 Å². The lowest BCUT2D eigenvalue weighted by Crippen LogP contribution is -2.36. The summed E-state index contributed by atoms with van der Waals surface area (Å²) in [6.07, 6.45) is 3.89. The fourth-order valence-corrected chi connectivity index (χ4v) is 5.43. The molecule has 1 aliphatic rings. The normalized spacial score (nSPS) is 17.1. The van der Waals surface area contributed by atoms with Crippen LogP contribution in [0.25, 0.3) is 5.65 Å². The van der Waals surface area contributed by atoms with Gasteiger partial charge in [-0.25, -0.2) is 14.8 Å². The molecule has 0 radical (unpaired) electrons. The molecule has 3 heterocycles. The van der Waals surface area contributed by atoms with Crippen LogP contribution in [0.15, 0.2) is 48.7 Å². The number of carbonyl (C=O) groups excluding carboxylic acids is 1. The Labute approximate surface area is 262 Å². The number of carbonyl (C=O) groups is 1. The molecule has 2 N–H and O–H groups in total. The number of anilines is 1. The highest BCUT2D eigenvalue weighted by Gasteiger charge is 2.31. The monoisotopic (exact) mass is 637 g/mol. The van der Waals surface area contributed by atoms with Gasteiger partial charge in [-0.1, -0.05) is 45.0 Å². The summed E-state index contributed by atoms with van der Waals surface area (Å²) in [6.45, 7) is 9.40. The highest BCUT2D eigenvalue weighted by atomic mass is 32.2. The summed E-state index contributed by atoms with van der Waals surface area (Å²) < 4.78 is 41.9. The molecule has 4 aromatic rings.